The number of para-hydroxylation sites is 1. The summed E-state index contributed by atoms with van der Waals surface area (Å²) in [6, 6.07) is 9.94. The van der Waals surface area contributed by atoms with Crippen molar-refractivity contribution in [3.63, 3.8) is 0 Å². The van der Waals surface area contributed by atoms with Crippen molar-refractivity contribution in [2.75, 3.05) is 31.1 Å². The van der Waals surface area contributed by atoms with E-state index in [-0.39, 0.29) is 5.91 Å². The summed E-state index contributed by atoms with van der Waals surface area (Å²) in [4.78, 5) is 25.8. The molecular weight excluding hydrogens is 352 g/mol. The van der Waals surface area contributed by atoms with Crippen molar-refractivity contribution in [2.24, 2.45) is 5.92 Å². The number of piperazine rings is 1. The highest BCUT2D eigenvalue weighted by molar-refractivity contribution is 5.91. The molecule has 3 aromatic rings. The molecule has 144 valence electrons. The Morgan fingerprint density at radius 3 is 2.64 bits per heavy atom. The molecule has 28 heavy (non-hydrogen) atoms. The van der Waals surface area contributed by atoms with Crippen LogP contribution in [0.3, 0.4) is 0 Å². The average molecular weight is 376 g/mol. The molecule has 2 fully saturated rings. The highest BCUT2D eigenvalue weighted by atomic mass is 16.2. The van der Waals surface area contributed by atoms with Crippen molar-refractivity contribution in [1.29, 1.82) is 0 Å². The maximum atomic E-state index is 12.7. The van der Waals surface area contributed by atoms with Crippen LogP contribution in [-0.2, 0) is 4.79 Å². The number of carbonyl (C=O) groups excluding carboxylic acids is 1. The lowest BCUT2D eigenvalue weighted by Crippen LogP contribution is -2.51. The molecule has 2 aromatic heterocycles. The van der Waals surface area contributed by atoms with Gasteiger partial charge in [-0.3, -0.25) is 4.79 Å². The first-order valence-corrected chi connectivity index (χ1v) is 10.1. The van der Waals surface area contributed by atoms with E-state index in [4.69, 9.17) is 0 Å². The number of hydrogen-bond acceptors (Lipinski definition) is 5. The first-order chi connectivity index (χ1) is 13.8. The van der Waals surface area contributed by atoms with Gasteiger partial charge in [-0.25, -0.2) is 14.6 Å². The molecule has 1 aliphatic carbocycles. The molecule has 1 saturated heterocycles. The number of aromatic nitrogens is 4. The van der Waals surface area contributed by atoms with Crippen molar-refractivity contribution in [1.82, 2.24) is 24.6 Å². The second-order valence-corrected chi connectivity index (χ2v) is 7.74. The van der Waals surface area contributed by atoms with Crippen LogP contribution >= 0.6 is 0 Å². The van der Waals surface area contributed by atoms with E-state index in [1.807, 2.05) is 39.9 Å². The van der Waals surface area contributed by atoms with Crippen molar-refractivity contribution in [2.45, 2.75) is 25.7 Å². The topological polar surface area (TPSA) is 67.2 Å². The Balaban J connectivity index is 1.38. The van der Waals surface area contributed by atoms with Gasteiger partial charge in [0, 0.05) is 19.6 Å². The Hall–Kier alpha value is -2.96. The van der Waals surface area contributed by atoms with Crippen molar-refractivity contribution in [3.8, 4) is 5.69 Å². The van der Waals surface area contributed by atoms with Crippen LogP contribution in [0.25, 0.3) is 16.7 Å². The zero-order valence-corrected chi connectivity index (χ0v) is 15.9. The third-order valence-electron chi connectivity index (χ3n) is 5.92. The standard InChI is InChI=1S/C21H24N6O/c28-19-14-26(11-10-25(19)13-16-6-4-5-7-16)20-18-12-24-27(21(18)23-15-22-20)17-8-2-1-3-9-17/h1-3,8-9,12,15-16H,4-7,10-11,13-14H2. The first kappa shape index (κ1) is 17.2. The summed E-state index contributed by atoms with van der Waals surface area (Å²) in [5.41, 5.74) is 1.72. The van der Waals surface area contributed by atoms with Crippen molar-refractivity contribution < 1.29 is 4.79 Å². The summed E-state index contributed by atoms with van der Waals surface area (Å²) in [5, 5.41) is 5.39. The molecule has 3 heterocycles. The van der Waals surface area contributed by atoms with Crippen LogP contribution < -0.4 is 4.90 Å². The van der Waals surface area contributed by atoms with Crippen LogP contribution in [0.5, 0.6) is 0 Å². The van der Waals surface area contributed by atoms with E-state index < -0.39 is 0 Å². The molecule has 1 aromatic carbocycles. The van der Waals surface area contributed by atoms with Crippen LogP contribution in [-0.4, -0.2) is 56.7 Å². The van der Waals surface area contributed by atoms with E-state index >= 15 is 0 Å². The predicted molar refractivity (Wildman–Crippen MR) is 107 cm³/mol. The third-order valence-corrected chi connectivity index (χ3v) is 5.92. The second kappa shape index (κ2) is 7.22. The number of rotatable bonds is 4. The average Bonchev–Trinajstić information content (AvgIpc) is 3.40. The number of hydrogen-bond donors (Lipinski definition) is 0. The van der Waals surface area contributed by atoms with Crippen LogP contribution in [0.15, 0.2) is 42.9 Å². The van der Waals surface area contributed by atoms with Gasteiger partial charge in [0.1, 0.15) is 12.1 Å². The number of benzene rings is 1. The highest BCUT2D eigenvalue weighted by Gasteiger charge is 2.29. The Labute approximate surface area is 164 Å². The second-order valence-electron chi connectivity index (χ2n) is 7.74. The molecule has 7 nitrogen and oxygen atoms in total. The van der Waals surface area contributed by atoms with E-state index in [0.717, 1.165) is 42.2 Å². The zero-order chi connectivity index (χ0) is 18.9. The molecule has 0 N–H and O–H groups in total. The maximum Gasteiger partial charge on any atom is 0.242 e. The smallest absolute Gasteiger partial charge is 0.242 e. The lowest BCUT2D eigenvalue weighted by atomic mass is 10.1. The van der Waals surface area contributed by atoms with Crippen molar-refractivity contribution in [3.05, 3.63) is 42.9 Å². The SMILES string of the molecule is O=C1CN(c2ncnc3c2cnn3-c2ccccc2)CCN1CC1CCCC1. The Morgan fingerprint density at radius 2 is 1.86 bits per heavy atom. The highest BCUT2D eigenvalue weighted by Crippen LogP contribution is 2.28. The van der Waals surface area contributed by atoms with E-state index in [2.05, 4.69) is 20.0 Å². The Bertz CT molecular complexity index is 979. The fraction of sp³-hybridized carbons (Fsp3) is 0.429. The summed E-state index contributed by atoms with van der Waals surface area (Å²) in [6.07, 6.45) is 8.50. The van der Waals surface area contributed by atoms with Gasteiger partial charge in [-0.1, -0.05) is 31.0 Å². The van der Waals surface area contributed by atoms with E-state index in [1.54, 1.807) is 12.5 Å². The molecule has 1 saturated carbocycles. The molecule has 0 unspecified atom stereocenters. The number of amides is 1. The zero-order valence-electron chi connectivity index (χ0n) is 15.9. The van der Waals surface area contributed by atoms with Crippen LogP contribution in [0.1, 0.15) is 25.7 Å². The van der Waals surface area contributed by atoms with Crippen LogP contribution in [0.4, 0.5) is 5.82 Å². The minimum atomic E-state index is 0.195. The Morgan fingerprint density at radius 1 is 1.04 bits per heavy atom. The minimum absolute atomic E-state index is 0.195. The fourth-order valence-electron chi connectivity index (χ4n) is 4.43. The third kappa shape index (κ3) is 3.10. The molecular formula is C21H24N6O. The lowest BCUT2D eigenvalue weighted by Gasteiger charge is -2.36. The van der Waals surface area contributed by atoms with Gasteiger partial charge in [-0.2, -0.15) is 5.10 Å². The van der Waals surface area contributed by atoms with Gasteiger partial charge < -0.3 is 9.80 Å². The van der Waals surface area contributed by atoms with E-state index in [0.29, 0.717) is 12.5 Å². The molecule has 0 radical (unpaired) electrons. The van der Waals surface area contributed by atoms with Gasteiger partial charge in [0.15, 0.2) is 5.65 Å². The molecule has 1 aliphatic heterocycles. The van der Waals surface area contributed by atoms with Gasteiger partial charge >= 0.3 is 0 Å². The normalized spacial score (nSPS) is 18.4. The van der Waals surface area contributed by atoms with Gasteiger partial charge in [-0.05, 0) is 30.9 Å². The molecule has 5 rings (SSSR count). The largest absolute Gasteiger partial charge is 0.345 e. The molecule has 7 heteroatoms. The summed E-state index contributed by atoms with van der Waals surface area (Å²) < 4.78 is 1.82. The summed E-state index contributed by atoms with van der Waals surface area (Å²) in [5.74, 6) is 1.67. The molecule has 2 aliphatic rings. The Kier molecular flexibility index (Phi) is 4.43. The molecule has 1 amide bonds. The quantitative estimate of drug-likeness (QED) is 0.700. The van der Waals surface area contributed by atoms with E-state index in [9.17, 15) is 4.79 Å². The summed E-state index contributed by atoms with van der Waals surface area (Å²) >= 11 is 0. The van der Waals surface area contributed by atoms with Gasteiger partial charge in [0.25, 0.3) is 0 Å². The number of anilines is 1. The molecule has 0 atom stereocenters. The van der Waals surface area contributed by atoms with Crippen LogP contribution in [0, 0.1) is 5.92 Å². The molecule has 0 spiro atoms. The maximum absolute atomic E-state index is 12.7. The number of carbonyl (C=O) groups is 1. The number of nitrogens with zero attached hydrogens (tertiary/aromatic N) is 6. The molecule has 0 bridgehead atoms. The summed E-state index contributed by atoms with van der Waals surface area (Å²) in [7, 11) is 0. The lowest BCUT2D eigenvalue weighted by molar-refractivity contribution is -0.131. The minimum Gasteiger partial charge on any atom is -0.345 e. The number of fused-ring (bicyclic) bond motifs is 1. The van der Waals surface area contributed by atoms with Crippen molar-refractivity contribution >= 4 is 22.8 Å². The first-order valence-electron chi connectivity index (χ1n) is 10.1. The van der Waals surface area contributed by atoms with Crippen LogP contribution in [0.2, 0.25) is 0 Å². The van der Waals surface area contributed by atoms with Gasteiger partial charge in [0.2, 0.25) is 5.91 Å². The predicted octanol–water partition coefficient (Wildman–Crippen LogP) is 2.65. The monoisotopic (exact) mass is 376 g/mol. The van der Waals surface area contributed by atoms with E-state index in [1.165, 1.54) is 25.7 Å². The van der Waals surface area contributed by atoms with Gasteiger partial charge in [-0.15, -0.1) is 0 Å². The summed E-state index contributed by atoms with van der Waals surface area (Å²) in [6.45, 7) is 2.84. The van der Waals surface area contributed by atoms with Gasteiger partial charge in [0.05, 0.1) is 23.8 Å². The fourth-order valence-corrected chi connectivity index (χ4v) is 4.43.